The van der Waals surface area contributed by atoms with Crippen LogP contribution in [0.4, 0.5) is 0 Å². The van der Waals surface area contributed by atoms with Crippen molar-refractivity contribution in [1.29, 1.82) is 0 Å². The van der Waals surface area contributed by atoms with Crippen molar-refractivity contribution in [3.05, 3.63) is 84.4 Å². The summed E-state index contributed by atoms with van der Waals surface area (Å²) in [6, 6.07) is 19.8. The van der Waals surface area contributed by atoms with E-state index in [1.165, 1.54) is 5.56 Å². The summed E-state index contributed by atoms with van der Waals surface area (Å²) in [6.07, 6.45) is 1.92. The van der Waals surface area contributed by atoms with Crippen LogP contribution in [0.3, 0.4) is 0 Å². The molecule has 0 unspecified atom stereocenters. The van der Waals surface area contributed by atoms with E-state index in [-0.39, 0.29) is 17.6 Å². The first-order chi connectivity index (χ1) is 9.33. The number of hydrogen-bond acceptors (Lipinski definition) is 1. The predicted octanol–water partition coefficient (Wildman–Crippen LogP) is 4.09. The van der Waals surface area contributed by atoms with Crippen LogP contribution < -0.4 is 0 Å². The van der Waals surface area contributed by atoms with Gasteiger partial charge in [0.1, 0.15) is 0 Å². The highest BCUT2D eigenvalue weighted by atomic mass is 16.1. The smallest absolute Gasteiger partial charge is 0.167 e. The van der Waals surface area contributed by atoms with Crippen LogP contribution in [0.25, 0.3) is 0 Å². The summed E-state index contributed by atoms with van der Waals surface area (Å²) in [5.74, 6) is 0.864. The van der Waals surface area contributed by atoms with Gasteiger partial charge in [0.25, 0.3) is 0 Å². The van der Waals surface area contributed by atoms with Gasteiger partial charge in [0, 0.05) is 17.4 Å². The molecule has 3 rings (SSSR count). The van der Waals surface area contributed by atoms with E-state index in [9.17, 15) is 4.79 Å². The van der Waals surface area contributed by atoms with Gasteiger partial charge in [0.2, 0.25) is 0 Å². The second-order valence-corrected chi connectivity index (χ2v) is 5.01. The molecule has 0 spiro atoms. The minimum Gasteiger partial charge on any atom is -0.294 e. The van der Waals surface area contributed by atoms with E-state index in [2.05, 4.69) is 18.7 Å². The number of hydrogen-bond donors (Lipinski definition) is 0. The number of carbonyl (C=O) groups excluding carboxylic acids is 1. The van der Waals surface area contributed by atoms with Gasteiger partial charge in [0.15, 0.2) is 5.78 Å². The fourth-order valence-electron chi connectivity index (χ4n) is 2.87. The zero-order valence-electron chi connectivity index (χ0n) is 10.7. The summed E-state index contributed by atoms with van der Waals surface area (Å²) >= 11 is 0. The highest BCUT2D eigenvalue weighted by Gasteiger charge is 2.53. The first-order valence-electron chi connectivity index (χ1n) is 6.59. The number of benzene rings is 2. The fourth-order valence-corrected chi connectivity index (χ4v) is 2.87. The predicted molar refractivity (Wildman–Crippen MR) is 77.1 cm³/mol. The van der Waals surface area contributed by atoms with E-state index in [1.54, 1.807) is 0 Å². The number of carbonyl (C=O) groups is 1. The number of Topliss-reactive ketones (excluding diaryl/α,β-unsaturated/α-hetero) is 1. The fraction of sp³-hybridized carbons (Fsp3) is 0.167. The minimum atomic E-state index is 0.0577. The third kappa shape index (κ3) is 2.12. The maximum atomic E-state index is 12.5. The summed E-state index contributed by atoms with van der Waals surface area (Å²) in [4.78, 5) is 12.5. The molecular weight excluding hydrogens is 232 g/mol. The second kappa shape index (κ2) is 4.85. The van der Waals surface area contributed by atoms with Gasteiger partial charge in [-0.1, -0.05) is 66.7 Å². The molecule has 2 aromatic carbocycles. The Kier molecular flexibility index (Phi) is 3.04. The minimum absolute atomic E-state index is 0.0577. The first-order valence-corrected chi connectivity index (χ1v) is 6.59. The van der Waals surface area contributed by atoms with Gasteiger partial charge < -0.3 is 0 Å². The molecule has 0 aliphatic heterocycles. The van der Waals surface area contributed by atoms with Crippen molar-refractivity contribution in [2.24, 2.45) is 11.8 Å². The molecule has 0 bridgehead atoms. The summed E-state index contributed by atoms with van der Waals surface area (Å²) in [5.41, 5.74) is 2.04. The molecule has 0 N–H and O–H groups in total. The second-order valence-electron chi connectivity index (χ2n) is 5.01. The first kappa shape index (κ1) is 11.9. The van der Waals surface area contributed by atoms with Gasteiger partial charge in [0.05, 0.1) is 0 Å². The SMILES string of the molecule is C=C[C@H]1[C@H](C(=O)c2ccccc2)[C@H]1c1ccccc1. The van der Waals surface area contributed by atoms with Gasteiger partial charge in [-0.3, -0.25) is 4.79 Å². The molecule has 1 saturated carbocycles. The van der Waals surface area contributed by atoms with Crippen LogP contribution in [0, 0.1) is 11.8 Å². The Morgan fingerprint density at radius 2 is 1.53 bits per heavy atom. The van der Waals surface area contributed by atoms with Gasteiger partial charge >= 0.3 is 0 Å². The molecule has 1 aliphatic carbocycles. The Labute approximate surface area is 113 Å². The zero-order valence-corrected chi connectivity index (χ0v) is 10.7. The normalized spacial score (nSPS) is 24.7. The standard InChI is InChI=1S/C18H16O/c1-2-15-16(13-9-5-3-6-10-13)17(15)18(19)14-11-7-4-8-12-14/h2-12,15-17H,1H2/t15-,16+,17+/m1/s1. The van der Waals surface area contributed by atoms with Crippen molar-refractivity contribution in [1.82, 2.24) is 0 Å². The van der Waals surface area contributed by atoms with Crippen molar-refractivity contribution < 1.29 is 4.79 Å². The van der Waals surface area contributed by atoms with E-state index in [0.29, 0.717) is 5.92 Å². The Balaban J connectivity index is 1.86. The average Bonchev–Trinajstić information content (AvgIpc) is 3.22. The summed E-state index contributed by atoms with van der Waals surface area (Å²) in [6.45, 7) is 3.87. The van der Waals surface area contributed by atoms with Crippen molar-refractivity contribution >= 4 is 5.78 Å². The maximum Gasteiger partial charge on any atom is 0.167 e. The third-order valence-corrected chi connectivity index (χ3v) is 3.89. The van der Waals surface area contributed by atoms with Crippen LogP contribution in [0.5, 0.6) is 0 Å². The monoisotopic (exact) mass is 248 g/mol. The zero-order chi connectivity index (χ0) is 13.2. The highest BCUT2D eigenvalue weighted by molar-refractivity contribution is 6.01. The lowest BCUT2D eigenvalue weighted by molar-refractivity contribution is 0.0961. The van der Waals surface area contributed by atoms with E-state index in [4.69, 9.17) is 0 Å². The average molecular weight is 248 g/mol. The molecule has 2 aromatic rings. The molecule has 0 amide bonds. The molecule has 1 fully saturated rings. The molecule has 0 aromatic heterocycles. The molecule has 19 heavy (non-hydrogen) atoms. The highest BCUT2D eigenvalue weighted by Crippen LogP contribution is 2.55. The van der Waals surface area contributed by atoms with E-state index >= 15 is 0 Å². The summed E-state index contributed by atoms with van der Waals surface area (Å²) < 4.78 is 0. The Morgan fingerprint density at radius 1 is 0.947 bits per heavy atom. The van der Waals surface area contributed by atoms with Crippen LogP contribution in [-0.4, -0.2) is 5.78 Å². The Hall–Kier alpha value is -2.15. The molecule has 0 radical (unpaired) electrons. The van der Waals surface area contributed by atoms with E-state index in [0.717, 1.165) is 5.56 Å². The van der Waals surface area contributed by atoms with Crippen molar-refractivity contribution in [3.8, 4) is 0 Å². The topological polar surface area (TPSA) is 17.1 Å². The number of allylic oxidation sites excluding steroid dienone is 1. The number of ketones is 1. The van der Waals surface area contributed by atoms with Gasteiger partial charge in [-0.25, -0.2) is 0 Å². The molecule has 1 nitrogen and oxygen atoms in total. The molecule has 0 saturated heterocycles. The van der Waals surface area contributed by atoms with Crippen LogP contribution in [0.2, 0.25) is 0 Å². The molecule has 94 valence electrons. The largest absolute Gasteiger partial charge is 0.294 e. The maximum absolute atomic E-state index is 12.5. The molecule has 1 aliphatic rings. The van der Waals surface area contributed by atoms with Crippen molar-refractivity contribution in [3.63, 3.8) is 0 Å². The van der Waals surface area contributed by atoms with Gasteiger partial charge in [-0.15, -0.1) is 6.58 Å². The Bertz CT molecular complexity index is 586. The van der Waals surface area contributed by atoms with Gasteiger partial charge in [-0.05, 0) is 11.5 Å². The quantitative estimate of drug-likeness (QED) is 0.588. The summed E-state index contributed by atoms with van der Waals surface area (Å²) in [7, 11) is 0. The Morgan fingerprint density at radius 3 is 2.11 bits per heavy atom. The number of rotatable bonds is 4. The summed E-state index contributed by atoms with van der Waals surface area (Å²) in [5, 5.41) is 0. The lowest BCUT2D eigenvalue weighted by Gasteiger charge is -2.00. The lowest BCUT2D eigenvalue weighted by Crippen LogP contribution is -2.03. The molecule has 1 heteroatoms. The van der Waals surface area contributed by atoms with Crippen LogP contribution in [0.15, 0.2) is 73.3 Å². The molecular formula is C18H16O. The van der Waals surface area contributed by atoms with Crippen LogP contribution in [0.1, 0.15) is 21.8 Å². The van der Waals surface area contributed by atoms with E-state index in [1.807, 2.05) is 54.6 Å². The lowest BCUT2D eigenvalue weighted by atomic mass is 10.0. The van der Waals surface area contributed by atoms with Crippen LogP contribution in [-0.2, 0) is 0 Å². The third-order valence-electron chi connectivity index (χ3n) is 3.89. The van der Waals surface area contributed by atoms with Gasteiger partial charge in [-0.2, -0.15) is 0 Å². The molecule has 3 atom stereocenters. The van der Waals surface area contributed by atoms with Crippen molar-refractivity contribution in [2.45, 2.75) is 5.92 Å². The van der Waals surface area contributed by atoms with Crippen molar-refractivity contribution in [2.75, 3.05) is 0 Å². The molecule has 0 heterocycles. The van der Waals surface area contributed by atoms with E-state index < -0.39 is 0 Å². The van der Waals surface area contributed by atoms with Crippen LogP contribution >= 0.6 is 0 Å².